The molecule has 1 aromatic carbocycles. The summed E-state index contributed by atoms with van der Waals surface area (Å²) in [6.07, 6.45) is 0. The number of aromatic hydroxyl groups is 1. The number of H-pyrrole nitrogens is 1. The first-order chi connectivity index (χ1) is 8.15. The van der Waals surface area contributed by atoms with Crippen molar-refractivity contribution in [2.75, 3.05) is 5.32 Å². The summed E-state index contributed by atoms with van der Waals surface area (Å²) in [5.41, 5.74) is 0.560. The Balaban J connectivity index is 2.13. The minimum atomic E-state index is -0.197. The van der Waals surface area contributed by atoms with Gasteiger partial charge in [0.05, 0.1) is 0 Å². The van der Waals surface area contributed by atoms with E-state index in [1.807, 2.05) is 12.1 Å². The number of benzene rings is 1. The van der Waals surface area contributed by atoms with Gasteiger partial charge in [0, 0.05) is 18.2 Å². The summed E-state index contributed by atoms with van der Waals surface area (Å²) in [6.45, 7) is 2.13. The lowest BCUT2D eigenvalue weighted by atomic mass is 10.2. The van der Waals surface area contributed by atoms with Crippen LogP contribution in [0.3, 0.4) is 0 Å². The smallest absolute Gasteiger partial charge is 0.252 e. The van der Waals surface area contributed by atoms with E-state index in [9.17, 15) is 9.90 Å². The number of nitrogens with zero attached hydrogens (tertiary/aromatic N) is 1. The lowest BCUT2D eigenvalue weighted by Gasteiger charge is -2.07. The van der Waals surface area contributed by atoms with Gasteiger partial charge in [-0.3, -0.25) is 4.79 Å². The van der Waals surface area contributed by atoms with Crippen LogP contribution in [0.2, 0.25) is 0 Å². The molecule has 0 aliphatic carbocycles. The van der Waals surface area contributed by atoms with E-state index in [1.165, 1.54) is 6.07 Å². The van der Waals surface area contributed by atoms with Crippen molar-refractivity contribution < 1.29 is 5.11 Å². The maximum atomic E-state index is 11.2. The summed E-state index contributed by atoms with van der Waals surface area (Å²) in [6, 6.07) is 8.41. The molecule has 0 bridgehead atoms. The normalized spacial score (nSPS) is 10.2. The molecular formula is C12H13N3O2. The zero-order chi connectivity index (χ0) is 12.3. The number of phenols is 1. The highest BCUT2D eigenvalue weighted by Crippen LogP contribution is 2.16. The van der Waals surface area contributed by atoms with Gasteiger partial charge >= 0.3 is 0 Å². The van der Waals surface area contributed by atoms with Gasteiger partial charge in [-0.05, 0) is 13.0 Å². The van der Waals surface area contributed by atoms with Crippen LogP contribution in [0.1, 0.15) is 11.4 Å². The lowest BCUT2D eigenvalue weighted by molar-refractivity contribution is 0.469. The lowest BCUT2D eigenvalue weighted by Crippen LogP contribution is -2.11. The summed E-state index contributed by atoms with van der Waals surface area (Å²) in [5, 5.41) is 12.6. The number of nitrogens with one attached hydrogen (secondary N) is 2. The van der Waals surface area contributed by atoms with Crippen molar-refractivity contribution in [3.05, 3.63) is 52.1 Å². The summed E-state index contributed by atoms with van der Waals surface area (Å²) < 4.78 is 0. The van der Waals surface area contributed by atoms with Crippen molar-refractivity contribution in [3.8, 4) is 5.75 Å². The molecule has 0 atom stereocenters. The quantitative estimate of drug-likeness (QED) is 0.746. The number of hydrogen-bond donors (Lipinski definition) is 3. The summed E-state index contributed by atoms with van der Waals surface area (Å²) in [7, 11) is 0. The first-order valence-electron chi connectivity index (χ1n) is 5.24. The molecule has 17 heavy (non-hydrogen) atoms. The molecule has 0 saturated heterocycles. The van der Waals surface area contributed by atoms with E-state index in [0.717, 1.165) is 5.56 Å². The van der Waals surface area contributed by atoms with Crippen molar-refractivity contribution in [3.63, 3.8) is 0 Å². The Kier molecular flexibility index (Phi) is 3.09. The largest absolute Gasteiger partial charge is 0.508 e. The van der Waals surface area contributed by atoms with Gasteiger partial charge in [-0.2, -0.15) is 0 Å². The number of aromatic amines is 1. The fraction of sp³-hybridized carbons (Fsp3) is 0.167. The molecular weight excluding hydrogens is 218 g/mol. The number of hydrogen-bond acceptors (Lipinski definition) is 4. The average molecular weight is 231 g/mol. The van der Waals surface area contributed by atoms with Crippen molar-refractivity contribution in [2.24, 2.45) is 0 Å². The summed E-state index contributed by atoms with van der Waals surface area (Å²) in [5.74, 6) is 1.27. The molecule has 5 heteroatoms. The standard InChI is InChI=1S/C12H13N3O2/c1-8-14-11(6-12(17)15-8)13-7-9-4-2-3-5-10(9)16/h2-6,16H,7H2,1H3,(H2,13,14,15,17). The Labute approximate surface area is 98.2 Å². The van der Waals surface area contributed by atoms with Gasteiger partial charge in [0.15, 0.2) is 0 Å². The Morgan fingerprint density at radius 2 is 2.18 bits per heavy atom. The molecule has 0 amide bonds. The molecule has 2 rings (SSSR count). The molecule has 0 unspecified atom stereocenters. The average Bonchev–Trinajstić information content (AvgIpc) is 2.27. The van der Waals surface area contributed by atoms with Crippen LogP contribution < -0.4 is 10.9 Å². The van der Waals surface area contributed by atoms with Gasteiger partial charge in [0.25, 0.3) is 5.56 Å². The Morgan fingerprint density at radius 1 is 1.41 bits per heavy atom. The van der Waals surface area contributed by atoms with Crippen molar-refractivity contribution in [1.82, 2.24) is 9.97 Å². The highest BCUT2D eigenvalue weighted by atomic mass is 16.3. The molecule has 0 radical (unpaired) electrons. The van der Waals surface area contributed by atoms with E-state index in [2.05, 4.69) is 15.3 Å². The van der Waals surface area contributed by atoms with Crippen LogP contribution in [0.4, 0.5) is 5.82 Å². The molecule has 0 fully saturated rings. The van der Waals surface area contributed by atoms with Crippen LogP contribution in [0.5, 0.6) is 5.75 Å². The number of para-hydroxylation sites is 1. The first-order valence-corrected chi connectivity index (χ1v) is 5.24. The van der Waals surface area contributed by atoms with Crippen molar-refractivity contribution >= 4 is 5.82 Å². The highest BCUT2D eigenvalue weighted by Gasteiger charge is 2.01. The zero-order valence-corrected chi connectivity index (χ0v) is 9.40. The maximum absolute atomic E-state index is 11.2. The topological polar surface area (TPSA) is 78.0 Å². The maximum Gasteiger partial charge on any atom is 0.252 e. The van der Waals surface area contributed by atoms with Gasteiger partial charge in [0.1, 0.15) is 17.4 Å². The second kappa shape index (κ2) is 4.69. The molecule has 1 heterocycles. The fourth-order valence-corrected chi connectivity index (χ4v) is 1.52. The number of aromatic nitrogens is 2. The second-order valence-corrected chi connectivity index (χ2v) is 3.70. The van der Waals surface area contributed by atoms with E-state index in [1.54, 1.807) is 19.1 Å². The minimum absolute atomic E-state index is 0.197. The minimum Gasteiger partial charge on any atom is -0.508 e. The third-order valence-electron chi connectivity index (χ3n) is 2.31. The van der Waals surface area contributed by atoms with Gasteiger partial charge in [-0.25, -0.2) is 4.98 Å². The van der Waals surface area contributed by atoms with E-state index >= 15 is 0 Å². The SMILES string of the molecule is Cc1nc(NCc2ccccc2O)cc(=O)[nH]1. The molecule has 1 aromatic heterocycles. The van der Waals surface area contributed by atoms with Crippen LogP contribution in [-0.2, 0) is 6.54 Å². The van der Waals surface area contributed by atoms with Gasteiger partial charge in [-0.1, -0.05) is 18.2 Å². The second-order valence-electron chi connectivity index (χ2n) is 3.70. The Hall–Kier alpha value is -2.30. The van der Waals surface area contributed by atoms with Crippen molar-refractivity contribution in [2.45, 2.75) is 13.5 Å². The highest BCUT2D eigenvalue weighted by molar-refractivity contribution is 5.38. The van der Waals surface area contributed by atoms with E-state index in [-0.39, 0.29) is 11.3 Å². The Morgan fingerprint density at radius 3 is 2.88 bits per heavy atom. The van der Waals surface area contributed by atoms with Crippen molar-refractivity contribution in [1.29, 1.82) is 0 Å². The third-order valence-corrected chi connectivity index (χ3v) is 2.31. The van der Waals surface area contributed by atoms with Crippen LogP contribution in [0.15, 0.2) is 35.1 Å². The number of rotatable bonds is 3. The predicted molar refractivity (Wildman–Crippen MR) is 65.0 cm³/mol. The van der Waals surface area contributed by atoms with Gasteiger partial charge < -0.3 is 15.4 Å². The van der Waals surface area contributed by atoms with E-state index in [4.69, 9.17) is 0 Å². The zero-order valence-electron chi connectivity index (χ0n) is 9.40. The number of phenolic OH excluding ortho intramolecular Hbond substituents is 1. The monoisotopic (exact) mass is 231 g/mol. The molecule has 0 aliphatic heterocycles. The Bertz CT molecular complexity index is 578. The van der Waals surface area contributed by atoms with Crippen LogP contribution in [-0.4, -0.2) is 15.1 Å². The third kappa shape index (κ3) is 2.84. The summed E-state index contributed by atoms with van der Waals surface area (Å²) in [4.78, 5) is 17.9. The number of anilines is 1. The molecule has 2 aromatic rings. The fourth-order valence-electron chi connectivity index (χ4n) is 1.52. The predicted octanol–water partition coefficient (Wildman–Crippen LogP) is 1.40. The van der Waals surface area contributed by atoms with Crippen LogP contribution in [0.25, 0.3) is 0 Å². The van der Waals surface area contributed by atoms with E-state index in [0.29, 0.717) is 18.2 Å². The molecule has 0 aliphatic rings. The molecule has 88 valence electrons. The first kappa shape index (κ1) is 11.2. The van der Waals surface area contributed by atoms with E-state index < -0.39 is 0 Å². The number of aryl methyl sites for hydroxylation is 1. The summed E-state index contributed by atoms with van der Waals surface area (Å²) >= 11 is 0. The van der Waals surface area contributed by atoms with Crippen LogP contribution in [0, 0.1) is 6.92 Å². The molecule has 5 nitrogen and oxygen atoms in total. The molecule has 0 spiro atoms. The van der Waals surface area contributed by atoms with Crippen LogP contribution >= 0.6 is 0 Å². The van der Waals surface area contributed by atoms with Gasteiger partial charge in [-0.15, -0.1) is 0 Å². The van der Waals surface area contributed by atoms with Gasteiger partial charge in [0.2, 0.25) is 0 Å². The molecule has 0 saturated carbocycles. The molecule has 3 N–H and O–H groups in total.